The fraction of sp³-hybridized carbons (Fsp3) is 0. The van der Waals surface area contributed by atoms with Crippen LogP contribution >= 0.6 is 28.5 Å². The molecule has 0 aliphatic carbocycles. The summed E-state index contributed by atoms with van der Waals surface area (Å²) in [7, 11) is -4.06. The van der Waals surface area contributed by atoms with Crippen LogP contribution in [0.2, 0.25) is 0 Å². The summed E-state index contributed by atoms with van der Waals surface area (Å²) >= 11 is 9.54. The van der Waals surface area contributed by atoms with Crippen LogP contribution in [-0.2, 0) is 14.8 Å². The van der Waals surface area contributed by atoms with Gasteiger partial charge in [0, 0.05) is 0 Å². The summed E-state index contributed by atoms with van der Waals surface area (Å²) in [6, 6.07) is 0. The highest BCUT2D eigenvalue weighted by molar-refractivity contribution is 8.13. The Balaban J connectivity index is 4.26. The number of nitrogens with two attached hydrogens (primary N) is 1. The first kappa shape index (κ1) is 9.68. The van der Waals surface area contributed by atoms with Crippen LogP contribution in [0, 0.1) is 0 Å². The Labute approximate surface area is 61.7 Å². The molecule has 0 saturated carbocycles. The Morgan fingerprint density at radius 1 is 1.44 bits per heavy atom. The standard InChI is InChI=1S/Cl2H3N2O3PS/c1-8(2,5)4-9(3,6)7/h(H,4,5)(H2,3,6,7). The van der Waals surface area contributed by atoms with Gasteiger partial charge in [-0.2, -0.15) is 8.42 Å². The second kappa shape index (κ2) is 2.74. The van der Waals surface area contributed by atoms with Gasteiger partial charge in [-0.25, -0.2) is 5.14 Å². The molecule has 56 valence electrons. The summed E-state index contributed by atoms with van der Waals surface area (Å²) in [5, 5.41) is 4.34. The van der Waals surface area contributed by atoms with E-state index >= 15 is 0 Å². The summed E-state index contributed by atoms with van der Waals surface area (Å²) in [6.45, 7) is 0. The average molecular weight is 213 g/mol. The van der Waals surface area contributed by atoms with Gasteiger partial charge < -0.3 is 0 Å². The summed E-state index contributed by atoms with van der Waals surface area (Å²) in [5.74, 6) is -3.81. The first-order valence-corrected chi connectivity index (χ1v) is 6.58. The van der Waals surface area contributed by atoms with Crippen LogP contribution in [0.25, 0.3) is 0 Å². The van der Waals surface area contributed by atoms with Crippen LogP contribution in [-0.4, -0.2) is 8.42 Å². The molecule has 5 nitrogen and oxygen atoms in total. The number of nitrogens with one attached hydrogen (secondary N) is 1. The van der Waals surface area contributed by atoms with Gasteiger partial charge in [-0.05, 0) is 22.5 Å². The minimum absolute atomic E-state index is 1.29. The highest BCUT2D eigenvalue weighted by Gasteiger charge is 2.18. The molecule has 0 atom stereocenters. The van der Waals surface area contributed by atoms with Gasteiger partial charge in [0.25, 0.3) is 10.2 Å². The molecule has 0 radical (unpaired) electrons. The third-order valence-electron chi connectivity index (χ3n) is 0.234. The molecule has 0 aromatic heterocycles. The van der Waals surface area contributed by atoms with Gasteiger partial charge in [-0.3, -0.25) is 4.57 Å². The van der Waals surface area contributed by atoms with Crippen LogP contribution in [0.15, 0.2) is 0 Å². The molecule has 0 aromatic rings. The van der Waals surface area contributed by atoms with Crippen molar-refractivity contribution in [2.75, 3.05) is 0 Å². The van der Waals surface area contributed by atoms with Crippen LogP contribution in [0.5, 0.6) is 0 Å². The van der Waals surface area contributed by atoms with Crippen molar-refractivity contribution in [3.8, 4) is 0 Å². The van der Waals surface area contributed by atoms with Crippen molar-refractivity contribution in [3.63, 3.8) is 0 Å². The lowest BCUT2D eigenvalue weighted by atomic mass is 13.9. The molecule has 0 saturated heterocycles. The quantitative estimate of drug-likeness (QED) is 0.649. The first-order valence-electron chi connectivity index (χ1n) is 1.52. The third-order valence-corrected chi connectivity index (χ3v) is 3.34. The van der Waals surface area contributed by atoms with Crippen LogP contribution in [0.1, 0.15) is 0 Å². The second-order valence-electron chi connectivity index (χ2n) is 1.10. The second-order valence-corrected chi connectivity index (χ2v) is 7.22. The third kappa shape index (κ3) is 8.68. The van der Waals surface area contributed by atoms with E-state index in [1.165, 1.54) is 4.49 Å². The Morgan fingerprint density at radius 3 is 1.78 bits per heavy atom. The Hall–Kier alpha value is 0.680. The van der Waals surface area contributed by atoms with E-state index in [0.29, 0.717) is 0 Å². The molecule has 0 amide bonds. The van der Waals surface area contributed by atoms with Crippen LogP contribution in [0.4, 0.5) is 0 Å². The lowest BCUT2D eigenvalue weighted by Crippen LogP contribution is -2.25. The smallest absolute Gasteiger partial charge is 0.270 e. The summed E-state index contributed by atoms with van der Waals surface area (Å²) < 4.78 is 31.4. The topological polar surface area (TPSA) is 89.3 Å². The predicted molar refractivity (Wildman–Crippen MR) is 35.6 cm³/mol. The van der Waals surface area contributed by atoms with Crippen molar-refractivity contribution >= 4 is 38.7 Å². The zero-order valence-corrected chi connectivity index (χ0v) is 7.14. The van der Waals surface area contributed by atoms with E-state index in [1.807, 2.05) is 0 Å². The number of hydrogen-bond acceptors (Lipinski definition) is 3. The van der Waals surface area contributed by atoms with Gasteiger partial charge in [0.15, 0.2) is 0 Å². The maximum Gasteiger partial charge on any atom is 0.333 e. The molecule has 0 aliphatic rings. The lowest BCUT2D eigenvalue weighted by Gasteiger charge is -1.98. The summed E-state index contributed by atoms with van der Waals surface area (Å²) in [5.41, 5.74) is 0. The monoisotopic (exact) mass is 212 g/mol. The lowest BCUT2D eigenvalue weighted by molar-refractivity contribution is 0.580. The van der Waals surface area contributed by atoms with E-state index in [1.54, 1.807) is 0 Å². The van der Waals surface area contributed by atoms with Crippen molar-refractivity contribution < 1.29 is 13.0 Å². The Kier molecular flexibility index (Phi) is 2.94. The fourth-order valence-corrected chi connectivity index (χ4v) is 3.06. The molecule has 0 spiro atoms. The molecular weight excluding hydrogens is 210 g/mol. The van der Waals surface area contributed by atoms with E-state index in [4.69, 9.17) is 22.5 Å². The first-order chi connectivity index (χ1) is 3.71. The zero-order valence-electron chi connectivity index (χ0n) is 3.91. The molecule has 0 bridgehead atoms. The molecule has 0 aliphatic heterocycles. The number of halogens is 2. The zero-order chi connectivity index (χ0) is 7.71. The highest BCUT2D eigenvalue weighted by atomic mass is 35.9. The Morgan fingerprint density at radius 2 is 1.78 bits per heavy atom. The van der Waals surface area contributed by atoms with E-state index in [2.05, 4.69) is 5.14 Å². The van der Waals surface area contributed by atoms with Gasteiger partial charge in [0.1, 0.15) is 0 Å². The van der Waals surface area contributed by atoms with E-state index in [9.17, 15) is 13.0 Å². The predicted octanol–water partition coefficient (Wildman–Crippen LogP) is 0.365. The summed E-state index contributed by atoms with van der Waals surface area (Å²) in [4.78, 5) is 0. The van der Waals surface area contributed by atoms with Crippen molar-refractivity contribution in [3.05, 3.63) is 0 Å². The van der Waals surface area contributed by atoms with Gasteiger partial charge in [-0.15, -0.1) is 4.49 Å². The fourth-order valence-electron chi connectivity index (χ4n) is 0.148. The average Bonchev–Trinajstić information content (AvgIpc) is 1.14. The molecule has 3 N–H and O–H groups in total. The van der Waals surface area contributed by atoms with E-state index in [-0.39, 0.29) is 0 Å². The van der Waals surface area contributed by atoms with Crippen LogP contribution in [0.3, 0.4) is 0 Å². The van der Waals surface area contributed by atoms with Crippen LogP contribution < -0.4 is 9.63 Å². The largest absolute Gasteiger partial charge is 0.333 e. The highest BCUT2D eigenvalue weighted by Crippen LogP contribution is 2.52. The SMILES string of the molecule is NS(=O)(=O)NP(=O)(Cl)Cl. The van der Waals surface area contributed by atoms with Gasteiger partial charge in [-0.1, -0.05) is 0 Å². The van der Waals surface area contributed by atoms with Gasteiger partial charge in [0.05, 0.1) is 0 Å². The molecule has 9 heteroatoms. The Bertz CT molecular complexity index is 226. The molecule has 0 heterocycles. The molecule has 0 rings (SSSR count). The molecular formula is H3Cl2N2O3PS. The molecule has 0 aromatic carbocycles. The van der Waals surface area contributed by atoms with Gasteiger partial charge >= 0.3 is 6.00 Å². The van der Waals surface area contributed by atoms with Crippen molar-refractivity contribution in [2.45, 2.75) is 0 Å². The molecule has 0 unspecified atom stereocenters. The maximum atomic E-state index is 10.2. The van der Waals surface area contributed by atoms with Crippen molar-refractivity contribution in [1.82, 2.24) is 4.49 Å². The normalized spacial score (nSPS) is 13.7. The van der Waals surface area contributed by atoms with E-state index < -0.39 is 16.2 Å². The van der Waals surface area contributed by atoms with Crippen molar-refractivity contribution in [2.24, 2.45) is 5.14 Å². The molecule has 9 heavy (non-hydrogen) atoms. The molecule has 0 fully saturated rings. The minimum atomic E-state index is -4.06. The minimum Gasteiger partial charge on any atom is -0.270 e. The van der Waals surface area contributed by atoms with Crippen molar-refractivity contribution in [1.29, 1.82) is 0 Å². The maximum absolute atomic E-state index is 10.2. The van der Waals surface area contributed by atoms with Gasteiger partial charge in [0.2, 0.25) is 0 Å². The summed E-state index contributed by atoms with van der Waals surface area (Å²) in [6.07, 6.45) is 0. The number of rotatable bonds is 2. The van der Waals surface area contributed by atoms with E-state index in [0.717, 1.165) is 0 Å². The number of hydrogen-bond donors (Lipinski definition) is 2.